The van der Waals surface area contributed by atoms with E-state index in [1.54, 1.807) is 18.5 Å². The Labute approximate surface area is 158 Å². The number of benzene rings is 1. The zero-order valence-electron chi connectivity index (χ0n) is 16.1. The molecule has 8 heteroatoms. The summed E-state index contributed by atoms with van der Waals surface area (Å²) >= 11 is 0. The molecule has 0 unspecified atom stereocenters. The van der Waals surface area contributed by atoms with Crippen molar-refractivity contribution in [2.45, 2.75) is 39.3 Å². The van der Waals surface area contributed by atoms with Crippen LogP contribution in [0.3, 0.4) is 0 Å². The van der Waals surface area contributed by atoms with Gasteiger partial charge in [-0.05, 0) is 44.5 Å². The summed E-state index contributed by atoms with van der Waals surface area (Å²) in [5, 5.41) is 22.3. The van der Waals surface area contributed by atoms with Gasteiger partial charge in [0.2, 0.25) is 5.95 Å². The molecule has 0 fully saturated rings. The van der Waals surface area contributed by atoms with E-state index < -0.39 is 0 Å². The highest BCUT2D eigenvalue weighted by molar-refractivity contribution is 5.87. The molecule has 0 spiro atoms. The number of aliphatic hydroxyl groups is 1. The van der Waals surface area contributed by atoms with Crippen LogP contribution in [0.25, 0.3) is 11.2 Å². The molecule has 3 aromatic rings. The van der Waals surface area contributed by atoms with E-state index in [1.807, 2.05) is 35.6 Å². The van der Waals surface area contributed by atoms with Crippen LogP contribution in [0.2, 0.25) is 0 Å². The molecule has 8 nitrogen and oxygen atoms in total. The zero-order valence-corrected chi connectivity index (χ0v) is 16.1. The lowest BCUT2D eigenvalue weighted by molar-refractivity contribution is 0.271. The second kappa shape index (κ2) is 7.79. The third-order valence-electron chi connectivity index (χ3n) is 4.56. The van der Waals surface area contributed by atoms with Gasteiger partial charge in [-0.15, -0.1) is 0 Å². The number of fused-ring (bicyclic) bond motifs is 1. The summed E-state index contributed by atoms with van der Waals surface area (Å²) in [6.07, 6.45) is 2.52. The maximum atomic E-state index is 9.55. The van der Waals surface area contributed by atoms with Crippen LogP contribution in [-0.2, 0) is 0 Å². The molecule has 0 saturated carbocycles. The van der Waals surface area contributed by atoms with Gasteiger partial charge >= 0.3 is 0 Å². The van der Waals surface area contributed by atoms with Crippen molar-refractivity contribution in [2.75, 3.05) is 23.9 Å². The number of aromatic nitrogens is 4. The van der Waals surface area contributed by atoms with Crippen molar-refractivity contribution in [3.63, 3.8) is 0 Å². The fourth-order valence-corrected chi connectivity index (χ4v) is 2.84. The van der Waals surface area contributed by atoms with Crippen molar-refractivity contribution in [3.8, 4) is 5.75 Å². The third kappa shape index (κ3) is 3.80. The largest absolute Gasteiger partial charge is 0.508 e. The number of anilines is 3. The van der Waals surface area contributed by atoms with E-state index in [0.29, 0.717) is 17.3 Å². The van der Waals surface area contributed by atoms with Crippen LogP contribution < -0.4 is 10.2 Å². The maximum absolute atomic E-state index is 9.55. The Morgan fingerprint density at radius 2 is 1.89 bits per heavy atom. The minimum atomic E-state index is -0.121. The summed E-state index contributed by atoms with van der Waals surface area (Å²) in [4.78, 5) is 15.7. The number of aromatic hydroxyl groups is 1. The van der Waals surface area contributed by atoms with Gasteiger partial charge in [-0.2, -0.15) is 9.97 Å². The monoisotopic (exact) mass is 370 g/mol. The normalized spacial score (nSPS) is 12.5. The highest BCUT2D eigenvalue weighted by Crippen LogP contribution is 2.31. The first-order valence-electron chi connectivity index (χ1n) is 9.09. The Kier molecular flexibility index (Phi) is 5.46. The van der Waals surface area contributed by atoms with Gasteiger partial charge in [-0.1, -0.05) is 6.92 Å². The molecule has 0 aliphatic heterocycles. The van der Waals surface area contributed by atoms with Crippen LogP contribution >= 0.6 is 0 Å². The van der Waals surface area contributed by atoms with Crippen LogP contribution in [0.15, 0.2) is 30.6 Å². The first-order chi connectivity index (χ1) is 12.9. The average Bonchev–Trinajstić information content (AvgIpc) is 3.09. The van der Waals surface area contributed by atoms with E-state index in [1.165, 1.54) is 0 Å². The predicted octanol–water partition coefficient (Wildman–Crippen LogP) is 3.06. The van der Waals surface area contributed by atoms with Gasteiger partial charge in [-0.3, -0.25) is 0 Å². The van der Waals surface area contributed by atoms with Gasteiger partial charge < -0.3 is 25.0 Å². The molecule has 27 heavy (non-hydrogen) atoms. The molecule has 2 aromatic heterocycles. The smallest absolute Gasteiger partial charge is 0.227 e. The minimum Gasteiger partial charge on any atom is -0.508 e. The Morgan fingerprint density at radius 1 is 1.19 bits per heavy atom. The molecular formula is C19H26N6O2. The molecule has 3 N–H and O–H groups in total. The Balaban J connectivity index is 2.12. The minimum absolute atomic E-state index is 0.00444. The first-order valence-corrected chi connectivity index (χ1v) is 9.09. The van der Waals surface area contributed by atoms with Gasteiger partial charge in [0, 0.05) is 18.8 Å². The molecule has 0 aliphatic carbocycles. The van der Waals surface area contributed by atoms with Gasteiger partial charge in [0.25, 0.3) is 0 Å². The van der Waals surface area contributed by atoms with Crippen LogP contribution in [-0.4, -0.2) is 49.4 Å². The van der Waals surface area contributed by atoms with E-state index >= 15 is 0 Å². The first kappa shape index (κ1) is 18.9. The van der Waals surface area contributed by atoms with E-state index in [2.05, 4.69) is 34.1 Å². The van der Waals surface area contributed by atoms with Crippen molar-refractivity contribution >= 4 is 28.6 Å². The number of phenolic OH excluding ortho intramolecular Hbond substituents is 1. The molecule has 144 valence electrons. The molecule has 0 bridgehead atoms. The third-order valence-corrected chi connectivity index (χ3v) is 4.56. The topological polar surface area (TPSA) is 99.3 Å². The molecule has 0 saturated heterocycles. The molecular weight excluding hydrogens is 344 g/mol. The number of aliphatic hydroxyl groups excluding tert-OH is 1. The van der Waals surface area contributed by atoms with E-state index in [0.717, 1.165) is 17.8 Å². The summed E-state index contributed by atoms with van der Waals surface area (Å²) in [5.74, 6) is 1.31. The van der Waals surface area contributed by atoms with Gasteiger partial charge in [0.15, 0.2) is 17.0 Å². The number of phenols is 1. The molecule has 1 aromatic carbocycles. The number of nitrogens with one attached hydrogen (secondary N) is 1. The molecule has 2 heterocycles. The lowest BCUT2D eigenvalue weighted by Gasteiger charge is -2.21. The summed E-state index contributed by atoms with van der Waals surface area (Å²) in [5.41, 5.74) is 2.30. The number of hydrogen-bond donors (Lipinski definition) is 3. The van der Waals surface area contributed by atoms with Crippen LogP contribution in [0.4, 0.5) is 17.5 Å². The quantitative estimate of drug-likeness (QED) is 0.588. The lowest BCUT2D eigenvalue weighted by Crippen LogP contribution is -2.24. The van der Waals surface area contributed by atoms with Crippen LogP contribution in [0, 0.1) is 0 Å². The second-order valence-corrected chi connectivity index (χ2v) is 6.80. The standard InChI is InChI=1S/C19H26N6O2/c1-5-13(10-26)21-19-22-17(24(4)14-6-8-15(27)9-7-14)16-18(23-19)25(11-20-16)12(2)3/h6-9,11-13,26-27H,5,10H2,1-4H3,(H,21,22,23)/t13-/m1/s1. The second-order valence-electron chi connectivity index (χ2n) is 6.80. The van der Waals surface area contributed by atoms with E-state index in [-0.39, 0.29) is 24.4 Å². The predicted molar refractivity (Wildman–Crippen MR) is 107 cm³/mol. The summed E-state index contributed by atoms with van der Waals surface area (Å²) in [6, 6.07) is 6.98. The Morgan fingerprint density at radius 3 is 2.48 bits per heavy atom. The fourth-order valence-electron chi connectivity index (χ4n) is 2.84. The molecule has 0 radical (unpaired) electrons. The molecule has 3 rings (SSSR count). The van der Waals surface area contributed by atoms with E-state index in [4.69, 9.17) is 0 Å². The summed E-state index contributed by atoms with van der Waals surface area (Å²) < 4.78 is 2.00. The van der Waals surface area contributed by atoms with Crippen molar-refractivity contribution in [3.05, 3.63) is 30.6 Å². The zero-order chi connectivity index (χ0) is 19.6. The van der Waals surface area contributed by atoms with Crippen LogP contribution in [0.5, 0.6) is 5.75 Å². The van der Waals surface area contributed by atoms with Crippen molar-refractivity contribution in [1.29, 1.82) is 0 Å². The van der Waals surface area contributed by atoms with Crippen LogP contribution in [0.1, 0.15) is 33.2 Å². The highest BCUT2D eigenvalue weighted by atomic mass is 16.3. The molecule has 0 amide bonds. The van der Waals surface area contributed by atoms with Gasteiger partial charge in [0.05, 0.1) is 19.0 Å². The SMILES string of the molecule is CC[C@H](CO)Nc1nc(N(C)c2ccc(O)cc2)c2ncn(C(C)C)c2n1. The van der Waals surface area contributed by atoms with Crippen molar-refractivity contribution in [2.24, 2.45) is 0 Å². The molecule has 0 aliphatic rings. The van der Waals surface area contributed by atoms with Crippen molar-refractivity contribution < 1.29 is 10.2 Å². The summed E-state index contributed by atoms with van der Waals surface area (Å²) in [6.45, 7) is 6.14. The van der Waals surface area contributed by atoms with Gasteiger partial charge in [0.1, 0.15) is 5.75 Å². The maximum Gasteiger partial charge on any atom is 0.227 e. The fraction of sp³-hybridized carbons (Fsp3) is 0.421. The van der Waals surface area contributed by atoms with Crippen molar-refractivity contribution in [1.82, 2.24) is 19.5 Å². The van der Waals surface area contributed by atoms with Gasteiger partial charge in [-0.25, -0.2) is 4.98 Å². The molecule has 1 atom stereocenters. The Hall–Kier alpha value is -2.87. The van der Waals surface area contributed by atoms with E-state index in [9.17, 15) is 10.2 Å². The average molecular weight is 370 g/mol. The number of nitrogens with zero attached hydrogens (tertiary/aromatic N) is 5. The number of rotatable bonds is 7. The summed E-state index contributed by atoms with van der Waals surface area (Å²) in [7, 11) is 1.90. The lowest BCUT2D eigenvalue weighted by atomic mass is 10.2. The number of imidazole rings is 1. The number of hydrogen-bond acceptors (Lipinski definition) is 7. The highest BCUT2D eigenvalue weighted by Gasteiger charge is 2.19. The Bertz CT molecular complexity index is 902.